The Kier molecular flexibility index (Phi) is 5.41. The maximum atomic E-state index is 11.2. The zero-order valence-corrected chi connectivity index (χ0v) is 12.1. The average molecular weight is 252 g/mol. The Morgan fingerprint density at radius 2 is 1.94 bits per heavy atom. The van der Waals surface area contributed by atoms with Crippen LogP contribution in [0, 0.1) is 5.92 Å². The normalized spacial score (nSPS) is 11.3. The van der Waals surface area contributed by atoms with Gasteiger partial charge in [0.1, 0.15) is 0 Å². The van der Waals surface area contributed by atoms with Crippen LogP contribution >= 0.6 is 0 Å². The SMILES string of the molecule is CC(=O)c1ccc(N(CCN(C)C)CC(C)C)o1. The molecule has 18 heavy (non-hydrogen) atoms. The molecular weight excluding hydrogens is 228 g/mol. The van der Waals surface area contributed by atoms with Gasteiger partial charge < -0.3 is 14.2 Å². The number of ketones is 1. The Morgan fingerprint density at radius 3 is 2.39 bits per heavy atom. The van der Waals surface area contributed by atoms with E-state index in [2.05, 4.69) is 37.7 Å². The fraction of sp³-hybridized carbons (Fsp3) is 0.643. The first-order valence-electron chi connectivity index (χ1n) is 6.40. The van der Waals surface area contributed by atoms with Gasteiger partial charge in [0.2, 0.25) is 0 Å². The van der Waals surface area contributed by atoms with Crippen molar-refractivity contribution in [3.05, 3.63) is 17.9 Å². The molecule has 0 unspecified atom stereocenters. The van der Waals surface area contributed by atoms with Crippen molar-refractivity contribution < 1.29 is 9.21 Å². The monoisotopic (exact) mass is 252 g/mol. The molecule has 0 atom stereocenters. The van der Waals surface area contributed by atoms with E-state index in [0.717, 1.165) is 25.5 Å². The summed E-state index contributed by atoms with van der Waals surface area (Å²) in [5.74, 6) is 1.75. The number of hydrogen-bond donors (Lipinski definition) is 0. The van der Waals surface area contributed by atoms with Crippen LogP contribution in [0.4, 0.5) is 5.88 Å². The van der Waals surface area contributed by atoms with Crippen LogP contribution in [0.5, 0.6) is 0 Å². The van der Waals surface area contributed by atoms with Crippen LogP contribution in [0.2, 0.25) is 0 Å². The topological polar surface area (TPSA) is 36.7 Å². The predicted octanol–water partition coefficient (Wildman–Crippen LogP) is 2.51. The summed E-state index contributed by atoms with van der Waals surface area (Å²) in [5, 5.41) is 0. The first-order chi connectivity index (χ1) is 8.40. The van der Waals surface area contributed by atoms with E-state index < -0.39 is 0 Å². The number of hydrogen-bond acceptors (Lipinski definition) is 4. The molecule has 0 fully saturated rings. The zero-order valence-electron chi connectivity index (χ0n) is 12.1. The maximum Gasteiger partial charge on any atom is 0.196 e. The van der Waals surface area contributed by atoms with Gasteiger partial charge in [-0.15, -0.1) is 0 Å². The molecule has 0 bridgehead atoms. The number of nitrogens with zero attached hydrogens (tertiary/aromatic N) is 2. The summed E-state index contributed by atoms with van der Waals surface area (Å²) >= 11 is 0. The van der Waals surface area contributed by atoms with Crippen molar-refractivity contribution in [3.63, 3.8) is 0 Å². The lowest BCUT2D eigenvalue weighted by atomic mass is 10.2. The molecule has 0 N–H and O–H groups in total. The van der Waals surface area contributed by atoms with Crippen molar-refractivity contribution in [1.82, 2.24) is 4.90 Å². The van der Waals surface area contributed by atoms with E-state index in [4.69, 9.17) is 4.42 Å². The van der Waals surface area contributed by atoms with Crippen molar-refractivity contribution >= 4 is 11.7 Å². The quantitative estimate of drug-likeness (QED) is 0.699. The number of rotatable bonds is 7. The standard InChI is InChI=1S/C14H24N2O2/c1-11(2)10-16(9-8-15(4)5)14-7-6-13(18-14)12(3)17/h6-7,11H,8-10H2,1-5H3. The number of furan rings is 1. The second-order valence-electron chi connectivity index (χ2n) is 5.34. The largest absolute Gasteiger partial charge is 0.437 e. The molecule has 0 saturated heterocycles. The molecular formula is C14H24N2O2. The van der Waals surface area contributed by atoms with Crippen LogP contribution in [0.1, 0.15) is 31.3 Å². The van der Waals surface area contributed by atoms with Gasteiger partial charge in [-0.3, -0.25) is 4.79 Å². The van der Waals surface area contributed by atoms with E-state index in [1.54, 1.807) is 6.07 Å². The fourth-order valence-corrected chi connectivity index (χ4v) is 1.74. The Labute approximate surface area is 110 Å². The molecule has 0 aliphatic heterocycles. The van der Waals surface area contributed by atoms with Gasteiger partial charge in [0, 0.05) is 32.6 Å². The molecule has 0 amide bonds. The van der Waals surface area contributed by atoms with Crippen LogP contribution in [-0.4, -0.2) is 44.4 Å². The molecule has 0 spiro atoms. The Balaban J connectivity index is 2.76. The zero-order chi connectivity index (χ0) is 13.7. The van der Waals surface area contributed by atoms with E-state index >= 15 is 0 Å². The van der Waals surface area contributed by atoms with Gasteiger partial charge in [0.15, 0.2) is 17.4 Å². The Bertz CT molecular complexity index is 383. The van der Waals surface area contributed by atoms with Gasteiger partial charge in [-0.2, -0.15) is 0 Å². The van der Waals surface area contributed by atoms with Crippen molar-refractivity contribution in [2.24, 2.45) is 5.92 Å². The third-order valence-electron chi connectivity index (χ3n) is 2.65. The molecule has 0 aliphatic carbocycles. The highest BCUT2D eigenvalue weighted by molar-refractivity contribution is 5.91. The highest BCUT2D eigenvalue weighted by Gasteiger charge is 2.14. The Hall–Kier alpha value is -1.29. The number of Topliss-reactive ketones (excluding diaryl/α,β-unsaturated/α-hetero) is 1. The van der Waals surface area contributed by atoms with Crippen molar-refractivity contribution in [3.8, 4) is 0 Å². The van der Waals surface area contributed by atoms with Crippen LogP contribution in [0.25, 0.3) is 0 Å². The Morgan fingerprint density at radius 1 is 1.28 bits per heavy atom. The molecule has 4 nitrogen and oxygen atoms in total. The molecule has 0 radical (unpaired) electrons. The van der Waals surface area contributed by atoms with Gasteiger partial charge in [-0.25, -0.2) is 0 Å². The third-order valence-corrected chi connectivity index (χ3v) is 2.65. The predicted molar refractivity (Wildman–Crippen MR) is 74.3 cm³/mol. The first-order valence-corrected chi connectivity index (χ1v) is 6.40. The van der Waals surface area contributed by atoms with Crippen molar-refractivity contribution in [2.45, 2.75) is 20.8 Å². The van der Waals surface area contributed by atoms with Gasteiger partial charge >= 0.3 is 0 Å². The fourth-order valence-electron chi connectivity index (χ4n) is 1.74. The van der Waals surface area contributed by atoms with Gasteiger partial charge in [0.25, 0.3) is 0 Å². The van der Waals surface area contributed by atoms with Gasteiger partial charge in [-0.1, -0.05) is 13.8 Å². The average Bonchev–Trinajstić information content (AvgIpc) is 2.72. The summed E-state index contributed by atoms with van der Waals surface area (Å²) < 4.78 is 5.60. The molecule has 1 rings (SSSR count). The molecule has 0 aliphatic rings. The number of anilines is 1. The highest BCUT2D eigenvalue weighted by atomic mass is 16.4. The number of likely N-dealkylation sites (N-methyl/N-ethyl adjacent to an activating group) is 1. The minimum atomic E-state index is -0.0293. The summed E-state index contributed by atoms with van der Waals surface area (Å²) in [6, 6.07) is 3.63. The summed E-state index contributed by atoms with van der Waals surface area (Å²) in [6.45, 7) is 8.67. The van der Waals surface area contributed by atoms with Crippen LogP contribution in [0.3, 0.4) is 0 Å². The van der Waals surface area contributed by atoms with E-state index in [-0.39, 0.29) is 5.78 Å². The van der Waals surface area contributed by atoms with Crippen molar-refractivity contribution in [1.29, 1.82) is 0 Å². The lowest BCUT2D eigenvalue weighted by Gasteiger charge is -2.25. The summed E-state index contributed by atoms with van der Waals surface area (Å²) in [5.41, 5.74) is 0. The summed E-state index contributed by atoms with van der Waals surface area (Å²) in [6.07, 6.45) is 0. The second kappa shape index (κ2) is 6.59. The molecule has 1 aromatic rings. The minimum absolute atomic E-state index is 0.0293. The molecule has 1 heterocycles. The molecule has 102 valence electrons. The first kappa shape index (κ1) is 14.8. The number of carbonyl (C=O) groups is 1. The van der Waals surface area contributed by atoms with Gasteiger partial charge in [0.05, 0.1) is 0 Å². The van der Waals surface area contributed by atoms with E-state index in [9.17, 15) is 4.79 Å². The van der Waals surface area contributed by atoms with E-state index in [0.29, 0.717) is 11.7 Å². The van der Waals surface area contributed by atoms with E-state index in [1.165, 1.54) is 6.92 Å². The lowest BCUT2D eigenvalue weighted by Crippen LogP contribution is -2.34. The molecule has 1 aromatic heterocycles. The smallest absolute Gasteiger partial charge is 0.196 e. The van der Waals surface area contributed by atoms with E-state index in [1.807, 2.05) is 6.07 Å². The van der Waals surface area contributed by atoms with Crippen molar-refractivity contribution in [2.75, 3.05) is 38.6 Å². The molecule has 4 heteroatoms. The second-order valence-corrected chi connectivity index (χ2v) is 5.34. The number of carbonyl (C=O) groups excluding carboxylic acids is 1. The summed E-state index contributed by atoms with van der Waals surface area (Å²) in [7, 11) is 4.10. The minimum Gasteiger partial charge on any atom is -0.437 e. The highest BCUT2D eigenvalue weighted by Crippen LogP contribution is 2.20. The molecule has 0 aromatic carbocycles. The van der Waals surface area contributed by atoms with Gasteiger partial charge in [-0.05, 0) is 26.1 Å². The maximum absolute atomic E-state index is 11.2. The van der Waals surface area contributed by atoms with Crippen LogP contribution in [0.15, 0.2) is 16.5 Å². The summed E-state index contributed by atoms with van der Waals surface area (Å²) in [4.78, 5) is 15.6. The third kappa shape index (κ3) is 4.53. The van der Waals surface area contributed by atoms with Crippen LogP contribution < -0.4 is 4.90 Å². The molecule has 0 saturated carbocycles. The van der Waals surface area contributed by atoms with Crippen LogP contribution in [-0.2, 0) is 0 Å². The lowest BCUT2D eigenvalue weighted by molar-refractivity contribution is 0.0987.